The van der Waals surface area contributed by atoms with E-state index in [-0.39, 0.29) is 30.3 Å². The number of fused-ring (bicyclic) bond motifs is 2. The molecule has 0 bridgehead atoms. The molecule has 112 valence electrons. The van der Waals surface area contributed by atoms with Gasteiger partial charge in [-0.15, -0.1) is 0 Å². The molecule has 2 saturated heterocycles. The predicted molar refractivity (Wildman–Crippen MR) is 68.2 cm³/mol. The molecule has 4 heterocycles. The molecule has 0 spiro atoms. The van der Waals surface area contributed by atoms with E-state index in [1.807, 2.05) is 0 Å². The van der Waals surface area contributed by atoms with Crippen molar-refractivity contribution in [2.24, 2.45) is 0 Å². The number of anilines is 1. The fourth-order valence-electron chi connectivity index (χ4n) is 2.93. The fourth-order valence-corrected chi connectivity index (χ4v) is 2.93. The van der Waals surface area contributed by atoms with Crippen LogP contribution in [-0.2, 0) is 15.2 Å². The van der Waals surface area contributed by atoms with E-state index in [2.05, 4.69) is 15.0 Å². The molecule has 2 fully saturated rings. The lowest BCUT2D eigenvalue weighted by atomic mass is 9.98. The summed E-state index contributed by atoms with van der Waals surface area (Å²) in [6.07, 6.45) is -1.00. The van der Waals surface area contributed by atoms with Crippen molar-refractivity contribution in [3.63, 3.8) is 0 Å². The lowest BCUT2D eigenvalue weighted by molar-refractivity contribution is -0.275. The molecule has 10 heteroatoms. The lowest BCUT2D eigenvalue weighted by Crippen LogP contribution is -2.59. The molecule has 21 heavy (non-hydrogen) atoms. The number of nitrogens with zero attached hydrogens (tertiary/aromatic N) is 3. The minimum atomic E-state index is -1.03. The van der Waals surface area contributed by atoms with E-state index in [0.29, 0.717) is 0 Å². The lowest BCUT2D eigenvalue weighted by Gasteiger charge is -2.44. The van der Waals surface area contributed by atoms with Gasteiger partial charge in [0.1, 0.15) is 18.3 Å². The number of imidazole rings is 1. The van der Waals surface area contributed by atoms with Crippen LogP contribution in [0.15, 0.2) is 11.1 Å². The van der Waals surface area contributed by atoms with Gasteiger partial charge >= 0.3 is 0 Å². The Morgan fingerprint density at radius 2 is 2.43 bits per heavy atom. The molecule has 0 unspecified atom stereocenters. The zero-order valence-electron chi connectivity index (χ0n) is 10.8. The molecule has 0 aromatic carbocycles. The first-order valence-corrected chi connectivity index (χ1v) is 6.38. The summed E-state index contributed by atoms with van der Waals surface area (Å²) in [5.41, 5.74) is 4.43. The molecule has 10 nitrogen and oxygen atoms in total. The molecular weight excluding hydrogens is 282 g/mol. The number of rotatable bonds is 2. The van der Waals surface area contributed by atoms with Crippen LogP contribution in [0.5, 0.6) is 0 Å². The number of aromatic nitrogens is 4. The van der Waals surface area contributed by atoms with E-state index in [1.54, 1.807) is 0 Å². The molecule has 0 aliphatic carbocycles. The van der Waals surface area contributed by atoms with Gasteiger partial charge in [0.15, 0.2) is 16.9 Å². The summed E-state index contributed by atoms with van der Waals surface area (Å²) in [5, 5.41) is 19.3. The number of aromatic amines is 1. The van der Waals surface area contributed by atoms with Crippen LogP contribution >= 0.6 is 0 Å². The molecule has 2 aliphatic rings. The maximum absolute atomic E-state index is 11.8. The van der Waals surface area contributed by atoms with Gasteiger partial charge < -0.3 is 25.4 Å². The molecule has 2 aromatic heterocycles. The summed E-state index contributed by atoms with van der Waals surface area (Å²) in [7, 11) is 0. The predicted octanol–water partition coefficient (Wildman–Crippen LogP) is -2.49. The Labute approximate surface area is 117 Å². The third-order valence-corrected chi connectivity index (χ3v) is 3.97. The van der Waals surface area contributed by atoms with Crippen molar-refractivity contribution >= 4 is 17.1 Å². The smallest absolute Gasteiger partial charge is 0.280 e. The highest BCUT2D eigenvalue weighted by atomic mass is 16.7. The van der Waals surface area contributed by atoms with Crippen LogP contribution in [0.1, 0.15) is 0 Å². The second-order valence-corrected chi connectivity index (χ2v) is 5.14. The van der Waals surface area contributed by atoms with Gasteiger partial charge in [-0.25, -0.2) is 4.98 Å². The Bertz CT molecular complexity index is 772. The maximum Gasteiger partial charge on any atom is 0.280 e. The Morgan fingerprint density at radius 1 is 1.62 bits per heavy atom. The van der Waals surface area contributed by atoms with Gasteiger partial charge in [0.2, 0.25) is 5.95 Å². The van der Waals surface area contributed by atoms with Gasteiger partial charge in [-0.2, -0.15) is 4.98 Å². The average molecular weight is 295 g/mol. The van der Waals surface area contributed by atoms with Gasteiger partial charge in [-0.1, -0.05) is 0 Å². The number of nitrogens with one attached hydrogen (secondary N) is 1. The number of ether oxygens (including phenoxy) is 2. The molecule has 0 saturated carbocycles. The molecule has 0 radical (unpaired) electrons. The minimum absolute atomic E-state index is 0.0419. The third kappa shape index (κ3) is 1.47. The summed E-state index contributed by atoms with van der Waals surface area (Å²) in [6, 6.07) is 0. The van der Waals surface area contributed by atoms with Crippen molar-refractivity contribution in [1.82, 2.24) is 19.5 Å². The first-order chi connectivity index (χ1) is 10.1. The van der Waals surface area contributed by atoms with Crippen LogP contribution in [-0.4, -0.2) is 61.3 Å². The molecule has 2 aliphatic heterocycles. The Balaban J connectivity index is 1.90. The van der Waals surface area contributed by atoms with Crippen LogP contribution < -0.4 is 11.3 Å². The summed E-state index contributed by atoms with van der Waals surface area (Å²) in [4.78, 5) is 22.3. The van der Waals surface area contributed by atoms with Crippen LogP contribution in [0.3, 0.4) is 0 Å². The van der Waals surface area contributed by atoms with E-state index >= 15 is 0 Å². The molecule has 4 atom stereocenters. The van der Waals surface area contributed by atoms with E-state index in [9.17, 15) is 15.0 Å². The number of nitrogens with two attached hydrogens (primary N) is 1. The first-order valence-electron chi connectivity index (χ1n) is 6.38. The van der Waals surface area contributed by atoms with E-state index in [4.69, 9.17) is 15.2 Å². The number of aliphatic hydroxyl groups is 2. The second kappa shape index (κ2) is 4.01. The van der Waals surface area contributed by atoms with Crippen molar-refractivity contribution in [1.29, 1.82) is 0 Å². The summed E-state index contributed by atoms with van der Waals surface area (Å²) in [5.74, 6) is -0.0419. The molecule has 4 rings (SSSR count). The van der Waals surface area contributed by atoms with Gasteiger partial charge in [-0.3, -0.25) is 14.3 Å². The first kappa shape index (κ1) is 12.7. The van der Waals surface area contributed by atoms with E-state index in [0.717, 1.165) is 0 Å². The van der Waals surface area contributed by atoms with Gasteiger partial charge in [-0.05, 0) is 0 Å². The van der Waals surface area contributed by atoms with Crippen molar-refractivity contribution < 1.29 is 19.7 Å². The summed E-state index contributed by atoms with van der Waals surface area (Å²) >= 11 is 0. The van der Waals surface area contributed by atoms with Crippen molar-refractivity contribution in [2.45, 2.75) is 24.0 Å². The van der Waals surface area contributed by atoms with Crippen molar-refractivity contribution in [2.75, 3.05) is 18.9 Å². The van der Waals surface area contributed by atoms with Gasteiger partial charge in [0.05, 0.1) is 19.5 Å². The summed E-state index contributed by atoms with van der Waals surface area (Å²) < 4.78 is 12.6. The van der Waals surface area contributed by atoms with E-state index < -0.39 is 29.6 Å². The number of nitrogen functional groups attached to an aromatic ring is 1. The maximum atomic E-state index is 11.8. The highest BCUT2D eigenvalue weighted by Gasteiger charge is 2.64. The SMILES string of the molecule is Nc1nc2c(ncn2[C@@]23CO[C@@H]2[C@H](O)[C@@H](CO)O3)c(=O)[nH]1. The molecule has 0 amide bonds. The van der Waals surface area contributed by atoms with Crippen LogP contribution in [0, 0.1) is 0 Å². The molecule has 2 aromatic rings. The number of hydrogen-bond donors (Lipinski definition) is 4. The normalized spacial score (nSPS) is 34.9. The minimum Gasteiger partial charge on any atom is -0.394 e. The third-order valence-electron chi connectivity index (χ3n) is 3.97. The second-order valence-electron chi connectivity index (χ2n) is 5.14. The quantitative estimate of drug-likeness (QED) is 0.475. The fraction of sp³-hybridized carbons (Fsp3) is 0.545. The Hall–Kier alpha value is -2.01. The Morgan fingerprint density at radius 3 is 3.10 bits per heavy atom. The van der Waals surface area contributed by atoms with Crippen molar-refractivity contribution in [3.8, 4) is 0 Å². The molecular formula is C11H13N5O5. The van der Waals surface area contributed by atoms with Gasteiger partial charge in [0, 0.05) is 0 Å². The highest BCUT2D eigenvalue weighted by molar-refractivity contribution is 5.71. The largest absolute Gasteiger partial charge is 0.394 e. The monoisotopic (exact) mass is 295 g/mol. The topological polar surface area (TPSA) is 149 Å². The van der Waals surface area contributed by atoms with Crippen LogP contribution in [0.4, 0.5) is 5.95 Å². The van der Waals surface area contributed by atoms with Crippen LogP contribution in [0.2, 0.25) is 0 Å². The number of aliphatic hydroxyl groups excluding tert-OH is 2. The average Bonchev–Trinajstić information content (AvgIpc) is 2.89. The standard InChI is InChI=1S/C11H13N5O5/c12-10-14-8-5(9(19)15-10)13-3-16(8)11-2-20-7(11)6(18)4(1-17)21-11/h3-4,6-7,17-18H,1-2H2,(H3,12,14,15,19)/t4-,6-,7-,11-/m1/s1. The van der Waals surface area contributed by atoms with Gasteiger partial charge in [0.25, 0.3) is 5.56 Å². The Kier molecular flexibility index (Phi) is 2.43. The van der Waals surface area contributed by atoms with Crippen molar-refractivity contribution in [3.05, 3.63) is 16.7 Å². The summed E-state index contributed by atoms with van der Waals surface area (Å²) in [6.45, 7) is -0.184. The zero-order valence-corrected chi connectivity index (χ0v) is 10.8. The number of H-pyrrole nitrogens is 1. The molecule has 5 N–H and O–H groups in total. The highest BCUT2D eigenvalue weighted by Crippen LogP contribution is 2.45. The zero-order chi connectivity index (χ0) is 14.8. The number of hydrogen-bond acceptors (Lipinski definition) is 8. The van der Waals surface area contributed by atoms with E-state index in [1.165, 1.54) is 10.9 Å². The van der Waals surface area contributed by atoms with Crippen LogP contribution in [0.25, 0.3) is 11.2 Å².